The maximum Gasteiger partial charge on any atom is 0.272 e. The van der Waals surface area contributed by atoms with Gasteiger partial charge in [-0.25, -0.2) is 5.48 Å². The maximum absolute atomic E-state index is 13.3. The molecule has 4 N–H and O–H groups in total. The summed E-state index contributed by atoms with van der Waals surface area (Å²) in [5, 5.41) is 31.6. The third-order valence-electron chi connectivity index (χ3n) is 7.03. The number of aryl methyl sites for hydroxylation is 1. The Kier molecular flexibility index (Phi) is 9.55. The van der Waals surface area contributed by atoms with E-state index in [1.165, 1.54) is 0 Å². The Morgan fingerprint density at radius 1 is 1.02 bits per heavy atom. The van der Waals surface area contributed by atoms with Crippen LogP contribution in [-0.4, -0.2) is 53.5 Å². The van der Waals surface area contributed by atoms with Crippen LogP contribution in [0.2, 0.25) is 5.02 Å². The van der Waals surface area contributed by atoms with E-state index in [4.69, 9.17) is 16.8 Å². The molecule has 5 aromatic rings. The molecule has 0 bridgehead atoms. The third kappa shape index (κ3) is 7.32. The highest BCUT2D eigenvalue weighted by atomic mass is 35.5. The second-order valence-electron chi connectivity index (χ2n) is 10.1. The van der Waals surface area contributed by atoms with Crippen molar-refractivity contribution in [3.63, 3.8) is 0 Å². The largest absolute Gasteiger partial charge is 0.347 e. The van der Waals surface area contributed by atoms with Gasteiger partial charge in [0.15, 0.2) is 0 Å². The molecule has 0 unspecified atom stereocenters. The van der Waals surface area contributed by atoms with Crippen LogP contribution in [0, 0.1) is 0 Å². The van der Waals surface area contributed by atoms with Crippen LogP contribution in [0.5, 0.6) is 0 Å². The van der Waals surface area contributed by atoms with Crippen LogP contribution in [0.1, 0.15) is 47.1 Å². The van der Waals surface area contributed by atoms with Crippen LogP contribution in [0.3, 0.4) is 0 Å². The molecule has 2 amide bonds. The number of aromatic amines is 1. The molecule has 0 spiro atoms. The van der Waals surface area contributed by atoms with Gasteiger partial charge in [0.05, 0.1) is 6.54 Å². The van der Waals surface area contributed by atoms with E-state index < -0.39 is 17.9 Å². The number of aromatic nitrogens is 6. The molecule has 5 rings (SSSR count). The number of halogens is 1. The van der Waals surface area contributed by atoms with Crippen molar-refractivity contribution in [1.29, 1.82) is 0 Å². The summed E-state index contributed by atoms with van der Waals surface area (Å²) in [5.74, 6) is -0.498. The number of H-pyrrole nitrogens is 1. The molecule has 220 valence electrons. The number of rotatable bonds is 12. The highest BCUT2D eigenvalue weighted by Gasteiger charge is 2.22. The van der Waals surface area contributed by atoms with E-state index in [1.54, 1.807) is 17.6 Å². The first kappa shape index (κ1) is 29.6. The summed E-state index contributed by atoms with van der Waals surface area (Å²) in [4.78, 5) is 25.3. The Bertz CT molecular complexity index is 1690. The quantitative estimate of drug-likeness (QED) is 0.121. The second-order valence-corrected chi connectivity index (χ2v) is 10.5. The summed E-state index contributed by atoms with van der Waals surface area (Å²) in [6, 6.07) is 24.4. The minimum Gasteiger partial charge on any atom is -0.347 e. The number of hydrogen-bond acceptors (Lipinski definition) is 7. The molecule has 0 saturated heterocycles. The molecule has 1 atom stereocenters. The first-order chi connectivity index (χ1) is 20.9. The van der Waals surface area contributed by atoms with Crippen LogP contribution in [0.4, 0.5) is 0 Å². The van der Waals surface area contributed by atoms with Crippen LogP contribution >= 0.6 is 11.6 Å². The van der Waals surface area contributed by atoms with Gasteiger partial charge in [0.1, 0.15) is 5.69 Å². The van der Waals surface area contributed by atoms with Gasteiger partial charge < -0.3 is 5.32 Å². The average molecular weight is 599 g/mol. The number of nitrogens with zero attached hydrogens (tertiary/aromatic N) is 5. The second kappa shape index (κ2) is 13.9. The van der Waals surface area contributed by atoms with Crippen LogP contribution < -0.4 is 10.8 Å². The molecule has 3 aromatic carbocycles. The van der Waals surface area contributed by atoms with Crippen molar-refractivity contribution >= 4 is 23.4 Å². The fourth-order valence-corrected chi connectivity index (χ4v) is 5.17. The van der Waals surface area contributed by atoms with Gasteiger partial charge in [-0.05, 0) is 52.4 Å². The van der Waals surface area contributed by atoms with Gasteiger partial charge in [-0.1, -0.05) is 91.7 Å². The van der Waals surface area contributed by atoms with Crippen LogP contribution in [0.15, 0.2) is 78.9 Å². The van der Waals surface area contributed by atoms with E-state index in [0.717, 1.165) is 46.4 Å². The van der Waals surface area contributed by atoms with Gasteiger partial charge >= 0.3 is 0 Å². The molecule has 2 aromatic heterocycles. The molecule has 0 aliphatic rings. The number of benzene rings is 3. The molecular formula is C31H31ClN8O3. The molecule has 2 heterocycles. The molecule has 0 aliphatic carbocycles. The lowest BCUT2D eigenvalue weighted by molar-refractivity contribution is -0.129. The van der Waals surface area contributed by atoms with Crippen molar-refractivity contribution in [2.24, 2.45) is 0 Å². The van der Waals surface area contributed by atoms with E-state index in [1.807, 2.05) is 71.4 Å². The number of nitrogens with one attached hydrogen (secondary N) is 3. The summed E-state index contributed by atoms with van der Waals surface area (Å²) in [6.45, 7) is 2.55. The normalized spacial score (nSPS) is 11.7. The molecule has 0 saturated carbocycles. The first-order valence-corrected chi connectivity index (χ1v) is 14.3. The zero-order chi connectivity index (χ0) is 30.2. The summed E-state index contributed by atoms with van der Waals surface area (Å²) < 4.78 is 1.84. The number of hydrogen-bond donors (Lipinski definition) is 4. The highest BCUT2D eigenvalue weighted by Crippen LogP contribution is 2.30. The van der Waals surface area contributed by atoms with Crippen molar-refractivity contribution in [2.45, 2.75) is 45.2 Å². The Morgan fingerprint density at radius 2 is 1.77 bits per heavy atom. The lowest BCUT2D eigenvalue weighted by atomic mass is 9.98. The maximum atomic E-state index is 13.3. The zero-order valence-corrected chi connectivity index (χ0v) is 24.3. The highest BCUT2D eigenvalue weighted by molar-refractivity contribution is 6.31. The van der Waals surface area contributed by atoms with Gasteiger partial charge in [-0.2, -0.15) is 10.3 Å². The number of hydroxylamine groups is 1. The number of amides is 2. The SMILES string of the molecule is CCCc1cc(C(=O)N[C@@H](CC(=O)NO)Cc2ccccc2Cl)nn1Cc1ccc(-c2ccccc2-c2nn[nH]n2)cc1. The van der Waals surface area contributed by atoms with Gasteiger partial charge in [-0.3, -0.25) is 19.5 Å². The standard InChI is InChI=1S/C31H31ClN8O3/c1-2-7-24-18-28(31(42)33-23(17-29(41)37-43)16-22-8-3-6-11-27(22)32)36-40(24)19-20-12-14-21(15-13-20)25-9-4-5-10-26(25)30-34-38-39-35-30/h3-6,8-15,18,23,43H,2,7,16-17,19H2,1H3,(H,33,42)(H,37,41)(H,34,35,38,39)/t23-/m1/s1. The predicted molar refractivity (Wildman–Crippen MR) is 161 cm³/mol. The topological polar surface area (TPSA) is 151 Å². The summed E-state index contributed by atoms with van der Waals surface area (Å²) in [7, 11) is 0. The Morgan fingerprint density at radius 3 is 2.47 bits per heavy atom. The Labute approximate surface area is 253 Å². The average Bonchev–Trinajstić information content (AvgIpc) is 3.70. The van der Waals surface area contributed by atoms with Gasteiger partial charge in [-0.15, -0.1) is 10.2 Å². The summed E-state index contributed by atoms with van der Waals surface area (Å²) in [5.41, 5.74) is 7.48. The van der Waals surface area contributed by atoms with Crippen LogP contribution in [-0.2, 0) is 24.2 Å². The van der Waals surface area contributed by atoms with Crippen molar-refractivity contribution in [3.05, 3.63) is 106 Å². The van der Waals surface area contributed by atoms with Crippen LogP contribution in [0.25, 0.3) is 22.5 Å². The van der Waals surface area contributed by atoms with E-state index in [0.29, 0.717) is 23.8 Å². The smallest absolute Gasteiger partial charge is 0.272 e. The van der Waals surface area contributed by atoms with E-state index in [2.05, 4.69) is 38.0 Å². The third-order valence-corrected chi connectivity index (χ3v) is 7.40. The molecular weight excluding hydrogens is 568 g/mol. The molecule has 0 fully saturated rings. The monoisotopic (exact) mass is 598 g/mol. The van der Waals surface area contributed by atoms with Gasteiger partial charge in [0, 0.05) is 28.7 Å². The Balaban J connectivity index is 1.33. The molecule has 12 heteroatoms. The van der Waals surface area contributed by atoms with Crippen molar-refractivity contribution in [2.75, 3.05) is 0 Å². The number of carbonyl (C=O) groups excluding carboxylic acids is 2. The molecule has 43 heavy (non-hydrogen) atoms. The Hall–Kier alpha value is -4.87. The number of tetrazole rings is 1. The van der Waals surface area contributed by atoms with Crippen molar-refractivity contribution in [3.8, 4) is 22.5 Å². The minimum atomic E-state index is -0.613. The van der Waals surface area contributed by atoms with Crippen molar-refractivity contribution < 1.29 is 14.8 Å². The predicted octanol–water partition coefficient (Wildman–Crippen LogP) is 4.62. The fourth-order valence-electron chi connectivity index (χ4n) is 4.96. The summed E-state index contributed by atoms with van der Waals surface area (Å²) >= 11 is 6.32. The molecule has 11 nitrogen and oxygen atoms in total. The molecule has 0 radical (unpaired) electrons. The van der Waals surface area contributed by atoms with Crippen molar-refractivity contribution in [1.82, 2.24) is 41.2 Å². The number of carbonyl (C=O) groups is 2. The summed E-state index contributed by atoms with van der Waals surface area (Å²) in [6.07, 6.45) is 1.80. The molecule has 0 aliphatic heterocycles. The lowest BCUT2D eigenvalue weighted by Crippen LogP contribution is -2.40. The minimum absolute atomic E-state index is 0.127. The van der Waals surface area contributed by atoms with Gasteiger partial charge in [0.2, 0.25) is 11.7 Å². The first-order valence-electron chi connectivity index (χ1n) is 13.9. The lowest BCUT2D eigenvalue weighted by Gasteiger charge is -2.18. The fraction of sp³-hybridized carbons (Fsp3) is 0.226. The van der Waals surface area contributed by atoms with E-state index in [9.17, 15) is 9.59 Å². The van der Waals surface area contributed by atoms with Gasteiger partial charge in [0.25, 0.3) is 5.91 Å². The van der Waals surface area contributed by atoms with E-state index in [-0.39, 0.29) is 12.1 Å². The van der Waals surface area contributed by atoms with E-state index >= 15 is 0 Å². The zero-order valence-electron chi connectivity index (χ0n) is 23.5.